The van der Waals surface area contributed by atoms with Crippen molar-refractivity contribution < 1.29 is 18.7 Å². The molecule has 32 heavy (non-hydrogen) atoms. The zero-order valence-electron chi connectivity index (χ0n) is 18.7. The number of ether oxygens (including phenoxy) is 2. The molecule has 0 aliphatic heterocycles. The largest absolute Gasteiger partial charge is 0.497 e. The average molecular weight is 558 g/mol. The summed E-state index contributed by atoms with van der Waals surface area (Å²) >= 11 is 0. The van der Waals surface area contributed by atoms with Gasteiger partial charge < -0.3 is 25.4 Å². The van der Waals surface area contributed by atoms with Gasteiger partial charge in [-0.15, -0.1) is 24.0 Å². The smallest absolute Gasteiger partial charge is 0.224 e. The van der Waals surface area contributed by atoms with Gasteiger partial charge in [-0.05, 0) is 43.7 Å². The van der Waals surface area contributed by atoms with Gasteiger partial charge in [0.05, 0.1) is 20.1 Å². The number of hydrogen-bond acceptors (Lipinski definition) is 4. The molecule has 2 aromatic carbocycles. The van der Waals surface area contributed by atoms with Crippen LogP contribution in [-0.4, -0.2) is 51.3 Å². The summed E-state index contributed by atoms with van der Waals surface area (Å²) in [4.78, 5) is 16.5. The maximum atomic E-state index is 13.2. The lowest BCUT2D eigenvalue weighted by Crippen LogP contribution is -2.42. The zero-order valence-corrected chi connectivity index (χ0v) is 21.0. The van der Waals surface area contributed by atoms with Gasteiger partial charge in [0, 0.05) is 25.7 Å². The van der Waals surface area contributed by atoms with Gasteiger partial charge in [-0.1, -0.05) is 18.2 Å². The lowest BCUT2D eigenvalue weighted by atomic mass is 10.1. The lowest BCUT2D eigenvalue weighted by molar-refractivity contribution is -0.120. The maximum Gasteiger partial charge on any atom is 0.224 e. The molecular weight excluding hydrogens is 526 g/mol. The number of nitrogens with one attached hydrogen (secondary N) is 3. The van der Waals surface area contributed by atoms with Crippen LogP contribution in [0.4, 0.5) is 4.39 Å². The number of aliphatic imine (C=N–C) groups is 1. The summed E-state index contributed by atoms with van der Waals surface area (Å²) in [5.74, 6) is 1.60. The van der Waals surface area contributed by atoms with Crippen LogP contribution in [0.2, 0.25) is 0 Å². The first kappa shape index (κ1) is 27.5. The fourth-order valence-electron chi connectivity index (χ4n) is 2.78. The summed E-state index contributed by atoms with van der Waals surface area (Å²) < 4.78 is 24.3. The van der Waals surface area contributed by atoms with Crippen LogP contribution in [0.1, 0.15) is 19.4 Å². The molecule has 0 saturated heterocycles. The van der Waals surface area contributed by atoms with Crippen molar-refractivity contribution in [1.29, 1.82) is 0 Å². The van der Waals surface area contributed by atoms with E-state index in [1.165, 1.54) is 12.1 Å². The van der Waals surface area contributed by atoms with Gasteiger partial charge in [0.2, 0.25) is 5.91 Å². The molecule has 0 bridgehead atoms. The van der Waals surface area contributed by atoms with Crippen LogP contribution in [0, 0.1) is 5.82 Å². The minimum absolute atomic E-state index is 0. The summed E-state index contributed by atoms with van der Waals surface area (Å²) in [7, 11) is 1.62. The molecule has 0 aromatic heterocycles. The highest BCUT2D eigenvalue weighted by Gasteiger charge is 2.07. The summed E-state index contributed by atoms with van der Waals surface area (Å²) in [5.41, 5.74) is 0.644. The van der Waals surface area contributed by atoms with E-state index in [0.717, 1.165) is 11.5 Å². The van der Waals surface area contributed by atoms with Crippen molar-refractivity contribution in [3.8, 4) is 11.5 Å². The highest BCUT2D eigenvalue weighted by Crippen LogP contribution is 2.19. The fraction of sp³-hybridized carbons (Fsp3) is 0.391. The van der Waals surface area contributed by atoms with E-state index < -0.39 is 0 Å². The maximum absolute atomic E-state index is 13.2. The molecule has 0 aliphatic carbocycles. The molecule has 3 N–H and O–H groups in total. The van der Waals surface area contributed by atoms with E-state index in [0.29, 0.717) is 37.7 Å². The molecule has 0 spiro atoms. The molecule has 2 rings (SSSR count). The summed E-state index contributed by atoms with van der Waals surface area (Å²) in [6, 6.07) is 13.5. The van der Waals surface area contributed by atoms with E-state index in [2.05, 4.69) is 20.9 Å². The molecule has 9 heteroatoms. The third kappa shape index (κ3) is 10.7. The lowest BCUT2D eigenvalue weighted by Gasteiger charge is -2.16. The molecule has 0 saturated carbocycles. The normalized spacial score (nSPS) is 11.7. The second-order valence-electron chi connectivity index (χ2n) is 6.91. The number of amides is 1. The molecule has 176 valence electrons. The van der Waals surface area contributed by atoms with Crippen LogP contribution in [0.25, 0.3) is 0 Å². The van der Waals surface area contributed by atoms with Gasteiger partial charge in [0.25, 0.3) is 0 Å². The van der Waals surface area contributed by atoms with Crippen LogP contribution in [0.15, 0.2) is 53.5 Å². The Morgan fingerprint density at radius 2 is 1.78 bits per heavy atom. The van der Waals surface area contributed by atoms with Crippen molar-refractivity contribution in [2.75, 3.05) is 33.3 Å². The molecule has 0 radical (unpaired) electrons. The van der Waals surface area contributed by atoms with E-state index in [-0.39, 0.29) is 48.2 Å². The van der Waals surface area contributed by atoms with Gasteiger partial charge in [-0.3, -0.25) is 4.79 Å². The van der Waals surface area contributed by atoms with Crippen molar-refractivity contribution in [3.63, 3.8) is 0 Å². The number of carbonyl (C=O) groups excluding carboxylic acids is 1. The van der Waals surface area contributed by atoms with Crippen LogP contribution >= 0.6 is 24.0 Å². The molecule has 2 aromatic rings. The number of methoxy groups -OCH3 is 1. The second kappa shape index (κ2) is 15.3. The highest BCUT2D eigenvalue weighted by atomic mass is 127. The Balaban J connectivity index is 0.00000512. The molecule has 7 nitrogen and oxygen atoms in total. The number of hydrogen-bond donors (Lipinski definition) is 3. The Morgan fingerprint density at radius 3 is 2.50 bits per heavy atom. The minimum atomic E-state index is -0.344. The van der Waals surface area contributed by atoms with Crippen molar-refractivity contribution >= 4 is 35.8 Å². The molecular formula is C23H32FIN4O3. The monoisotopic (exact) mass is 558 g/mol. The zero-order chi connectivity index (χ0) is 22.5. The third-order valence-electron chi connectivity index (χ3n) is 4.22. The van der Waals surface area contributed by atoms with Crippen LogP contribution in [-0.2, 0) is 11.2 Å². The van der Waals surface area contributed by atoms with Gasteiger partial charge >= 0.3 is 0 Å². The Bertz CT molecular complexity index is 867. The Hall–Kier alpha value is -2.56. The van der Waals surface area contributed by atoms with Gasteiger partial charge in [-0.2, -0.15) is 0 Å². The highest BCUT2D eigenvalue weighted by molar-refractivity contribution is 14.0. The van der Waals surface area contributed by atoms with Crippen LogP contribution < -0.4 is 25.4 Å². The molecule has 0 heterocycles. The number of rotatable bonds is 11. The van der Waals surface area contributed by atoms with E-state index in [1.54, 1.807) is 19.2 Å². The predicted octanol–water partition coefficient (Wildman–Crippen LogP) is 3.13. The van der Waals surface area contributed by atoms with Crippen LogP contribution in [0.5, 0.6) is 11.5 Å². The summed E-state index contributed by atoms with van der Waals surface area (Å²) in [5, 5.41) is 9.15. The number of guanidine groups is 1. The van der Waals surface area contributed by atoms with Crippen LogP contribution in [0.3, 0.4) is 0 Å². The molecule has 0 fully saturated rings. The SMILES string of the molecule is CCNC(=NCC(C)Oc1cccc(OC)c1)NCCNC(=O)Cc1cccc(F)c1.I. The van der Waals surface area contributed by atoms with E-state index in [4.69, 9.17) is 9.47 Å². The predicted molar refractivity (Wildman–Crippen MR) is 136 cm³/mol. The molecule has 0 aliphatic rings. The number of carbonyl (C=O) groups is 1. The quantitative estimate of drug-likeness (QED) is 0.171. The van der Waals surface area contributed by atoms with Crippen molar-refractivity contribution in [3.05, 3.63) is 59.9 Å². The first-order valence-corrected chi connectivity index (χ1v) is 10.3. The Labute approximate surface area is 206 Å². The second-order valence-corrected chi connectivity index (χ2v) is 6.91. The van der Waals surface area contributed by atoms with E-state index in [9.17, 15) is 9.18 Å². The summed E-state index contributed by atoms with van der Waals surface area (Å²) in [6.45, 7) is 6.02. The number of nitrogens with zero attached hydrogens (tertiary/aromatic N) is 1. The van der Waals surface area contributed by atoms with Crippen molar-refractivity contribution in [1.82, 2.24) is 16.0 Å². The molecule has 1 atom stereocenters. The first-order chi connectivity index (χ1) is 15.0. The number of halogens is 2. The average Bonchev–Trinajstić information content (AvgIpc) is 2.75. The van der Waals surface area contributed by atoms with Crippen molar-refractivity contribution in [2.24, 2.45) is 4.99 Å². The molecule has 1 unspecified atom stereocenters. The van der Waals surface area contributed by atoms with E-state index in [1.807, 2.05) is 38.1 Å². The fourth-order valence-corrected chi connectivity index (χ4v) is 2.78. The van der Waals surface area contributed by atoms with Gasteiger partial charge in [-0.25, -0.2) is 9.38 Å². The standard InChI is InChI=1S/C23H31FN4O3.HI/c1-4-25-23(28-16-17(2)31-21-10-6-9-20(15-21)30-3)27-12-11-26-22(29)14-18-7-5-8-19(24)13-18;/h5-10,13,15,17H,4,11-12,14,16H2,1-3H3,(H,26,29)(H2,25,27,28);1H. The third-order valence-corrected chi connectivity index (χ3v) is 4.22. The van der Waals surface area contributed by atoms with Gasteiger partial charge in [0.1, 0.15) is 23.4 Å². The van der Waals surface area contributed by atoms with Crippen molar-refractivity contribution in [2.45, 2.75) is 26.4 Å². The summed E-state index contributed by atoms with van der Waals surface area (Å²) in [6.07, 6.45) is 0.0129. The number of benzene rings is 2. The van der Waals surface area contributed by atoms with Gasteiger partial charge in [0.15, 0.2) is 5.96 Å². The minimum Gasteiger partial charge on any atom is -0.497 e. The topological polar surface area (TPSA) is 84.0 Å². The Morgan fingerprint density at radius 1 is 1.06 bits per heavy atom. The molecule has 1 amide bonds. The first-order valence-electron chi connectivity index (χ1n) is 10.3. The van der Waals surface area contributed by atoms with E-state index >= 15 is 0 Å². The Kier molecular flexibility index (Phi) is 13.1.